The Labute approximate surface area is 54.9 Å². The standard InChI is InChI=1S/C6H13NO2/c1-4(2)6(9)5(7)3-8/h4-5,8H,3,7H2,1-2H3/t5-/m0/s1. The first-order chi connectivity index (χ1) is 4.09. The SMILES string of the molecule is CC(C)C(=O)[C@@H](N)CO. The van der Waals surface area contributed by atoms with Gasteiger partial charge >= 0.3 is 0 Å². The fourth-order valence-electron chi connectivity index (χ4n) is 0.518. The monoisotopic (exact) mass is 131 g/mol. The summed E-state index contributed by atoms with van der Waals surface area (Å²) in [6.07, 6.45) is 0. The third-order valence-electron chi connectivity index (χ3n) is 1.13. The van der Waals surface area contributed by atoms with Crippen molar-refractivity contribution in [1.29, 1.82) is 0 Å². The van der Waals surface area contributed by atoms with Crippen molar-refractivity contribution in [3.63, 3.8) is 0 Å². The Hall–Kier alpha value is -0.410. The molecule has 3 nitrogen and oxygen atoms in total. The van der Waals surface area contributed by atoms with Crippen molar-refractivity contribution in [2.75, 3.05) is 6.61 Å². The molecule has 0 amide bonds. The summed E-state index contributed by atoms with van der Waals surface area (Å²) in [7, 11) is 0. The number of nitrogens with two attached hydrogens (primary N) is 1. The first kappa shape index (κ1) is 8.59. The predicted octanol–water partition coefficient (Wildman–Crippen LogP) is -0.469. The van der Waals surface area contributed by atoms with Crippen molar-refractivity contribution < 1.29 is 9.90 Å². The summed E-state index contributed by atoms with van der Waals surface area (Å²) >= 11 is 0. The minimum Gasteiger partial charge on any atom is -0.394 e. The summed E-state index contributed by atoms with van der Waals surface area (Å²) in [5.41, 5.74) is 5.22. The molecule has 1 atom stereocenters. The molecular formula is C6H13NO2. The molecule has 0 saturated heterocycles. The molecule has 0 aliphatic carbocycles. The van der Waals surface area contributed by atoms with Crippen LogP contribution in [0.4, 0.5) is 0 Å². The summed E-state index contributed by atoms with van der Waals surface area (Å²) in [4.78, 5) is 10.8. The largest absolute Gasteiger partial charge is 0.394 e. The van der Waals surface area contributed by atoms with Gasteiger partial charge in [0.25, 0.3) is 0 Å². The number of rotatable bonds is 3. The molecule has 3 N–H and O–H groups in total. The number of Topliss-reactive ketones (excluding diaryl/α,β-unsaturated/α-hetero) is 1. The number of hydrogen-bond acceptors (Lipinski definition) is 3. The number of ketones is 1. The van der Waals surface area contributed by atoms with Crippen LogP contribution in [0.5, 0.6) is 0 Å². The van der Waals surface area contributed by atoms with Crippen molar-refractivity contribution in [1.82, 2.24) is 0 Å². The van der Waals surface area contributed by atoms with Crippen molar-refractivity contribution in [3.05, 3.63) is 0 Å². The van der Waals surface area contributed by atoms with Crippen LogP contribution in [0.15, 0.2) is 0 Å². The lowest BCUT2D eigenvalue weighted by atomic mass is 10.0. The van der Waals surface area contributed by atoms with Gasteiger partial charge in [0.05, 0.1) is 12.6 Å². The topological polar surface area (TPSA) is 63.3 Å². The fourth-order valence-corrected chi connectivity index (χ4v) is 0.518. The summed E-state index contributed by atoms with van der Waals surface area (Å²) in [6.45, 7) is 3.27. The summed E-state index contributed by atoms with van der Waals surface area (Å²) < 4.78 is 0. The number of aliphatic hydroxyl groups excluding tert-OH is 1. The van der Waals surface area contributed by atoms with E-state index in [9.17, 15) is 4.79 Å². The van der Waals surface area contributed by atoms with Gasteiger partial charge in [0.1, 0.15) is 0 Å². The highest BCUT2D eigenvalue weighted by Crippen LogP contribution is 1.96. The van der Waals surface area contributed by atoms with Crippen LogP contribution < -0.4 is 5.73 Å². The zero-order chi connectivity index (χ0) is 7.44. The van der Waals surface area contributed by atoms with Crippen LogP contribution in [0.2, 0.25) is 0 Å². The molecule has 0 aromatic rings. The Morgan fingerprint density at radius 3 is 2.22 bits per heavy atom. The van der Waals surface area contributed by atoms with E-state index < -0.39 is 6.04 Å². The Bertz CT molecular complexity index is 101. The normalized spacial score (nSPS) is 13.9. The molecule has 0 bridgehead atoms. The Balaban J connectivity index is 3.73. The molecule has 0 saturated carbocycles. The minimum atomic E-state index is -0.690. The lowest BCUT2D eigenvalue weighted by Gasteiger charge is -2.08. The van der Waals surface area contributed by atoms with Gasteiger partial charge in [-0.2, -0.15) is 0 Å². The molecule has 0 heterocycles. The maximum Gasteiger partial charge on any atom is 0.154 e. The first-order valence-electron chi connectivity index (χ1n) is 2.99. The lowest BCUT2D eigenvalue weighted by molar-refractivity contribution is -0.123. The maximum atomic E-state index is 10.8. The zero-order valence-corrected chi connectivity index (χ0v) is 5.79. The second-order valence-electron chi connectivity index (χ2n) is 2.35. The van der Waals surface area contributed by atoms with Crippen molar-refractivity contribution in [2.24, 2.45) is 11.7 Å². The molecule has 0 aliphatic rings. The molecule has 0 radical (unpaired) electrons. The molecular weight excluding hydrogens is 118 g/mol. The average Bonchev–Trinajstić information content (AvgIpc) is 1.84. The quantitative estimate of drug-likeness (QED) is 0.544. The van der Waals surface area contributed by atoms with E-state index >= 15 is 0 Å². The van der Waals surface area contributed by atoms with Gasteiger partial charge in [-0.25, -0.2) is 0 Å². The van der Waals surface area contributed by atoms with Crippen LogP contribution in [0, 0.1) is 5.92 Å². The van der Waals surface area contributed by atoms with E-state index in [4.69, 9.17) is 10.8 Å². The van der Waals surface area contributed by atoms with E-state index in [1.54, 1.807) is 13.8 Å². The van der Waals surface area contributed by atoms with Gasteiger partial charge in [0.15, 0.2) is 5.78 Å². The zero-order valence-electron chi connectivity index (χ0n) is 5.79. The maximum absolute atomic E-state index is 10.8. The van der Waals surface area contributed by atoms with E-state index in [0.717, 1.165) is 0 Å². The molecule has 0 aliphatic heterocycles. The summed E-state index contributed by atoms with van der Waals surface area (Å²) in [5, 5.41) is 8.41. The van der Waals surface area contributed by atoms with Crippen LogP contribution in [0.25, 0.3) is 0 Å². The Morgan fingerprint density at radius 2 is 2.11 bits per heavy atom. The fraction of sp³-hybridized carbons (Fsp3) is 0.833. The van der Waals surface area contributed by atoms with Gasteiger partial charge in [-0.3, -0.25) is 4.79 Å². The van der Waals surface area contributed by atoms with E-state index in [-0.39, 0.29) is 18.3 Å². The number of carbonyl (C=O) groups excluding carboxylic acids is 1. The molecule has 0 rings (SSSR count). The third-order valence-corrected chi connectivity index (χ3v) is 1.13. The molecule has 9 heavy (non-hydrogen) atoms. The van der Waals surface area contributed by atoms with Gasteiger partial charge < -0.3 is 10.8 Å². The van der Waals surface area contributed by atoms with E-state index in [1.165, 1.54) is 0 Å². The highest BCUT2D eigenvalue weighted by Gasteiger charge is 2.14. The average molecular weight is 131 g/mol. The number of aliphatic hydroxyl groups is 1. The molecule has 54 valence electrons. The highest BCUT2D eigenvalue weighted by molar-refractivity contribution is 5.85. The van der Waals surface area contributed by atoms with Crippen molar-refractivity contribution >= 4 is 5.78 Å². The van der Waals surface area contributed by atoms with Crippen LogP contribution in [-0.4, -0.2) is 23.5 Å². The van der Waals surface area contributed by atoms with Gasteiger partial charge in [-0.15, -0.1) is 0 Å². The van der Waals surface area contributed by atoms with Gasteiger partial charge in [-0.05, 0) is 0 Å². The van der Waals surface area contributed by atoms with Crippen LogP contribution in [-0.2, 0) is 4.79 Å². The third kappa shape index (κ3) is 2.58. The van der Waals surface area contributed by atoms with Crippen molar-refractivity contribution in [2.45, 2.75) is 19.9 Å². The first-order valence-corrected chi connectivity index (χ1v) is 2.99. The second kappa shape index (κ2) is 3.58. The van der Waals surface area contributed by atoms with E-state index in [0.29, 0.717) is 0 Å². The molecule has 0 fully saturated rings. The van der Waals surface area contributed by atoms with Crippen molar-refractivity contribution in [3.8, 4) is 0 Å². The van der Waals surface area contributed by atoms with E-state index in [2.05, 4.69) is 0 Å². The number of carbonyl (C=O) groups is 1. The molecule has 0 spiro atoms. The number of hydrogen-bond donors (Lipinski definition) is 2. The predicted molar refractivity (Wildman–Crippen MR) is 34.9 cm³/mol. The molecule has 0 unspecified atom stereocenters. The van der Waals surface area contributed by atoms with Crippen LogP contribution in [0.1, 0.15) is 13.8 Å². The molecule has 0 aromatic heterocycles. The second-order valence-corrected chi connectivity index (χ2v) is 2.35. The minimum absolute atomic E-state index is 0.0767. The highest BCUT2D eigenvalue weighted by atomic mass is 16.3. The van der Waals surface area contributed by atoms with Gasteiger partial charge in [0.2, 0.25) is 0 Å². The van der Waals surface area contributed by atoms with Gasteiger partial charge in [0, 0.05) is 5.92 Å². The summed E-state index contributed by atoms with van der Waals surface area (Å²) in [6, 6.07) is -0.690. The smallest absolute Gasteiger partial charge is 0.154 e. The van der Waals surface area contributed by atoms with Gasteiger partial charge in [-0.1, -0.05) is 13.8 Å². The van der Waals surface area contributed by atoms with Crippen LogP contribution >= 0.6 is 0 Å². The van der Waals surface area contributed by atoms with E-state index in [1.807, 2.05) is 0 Å². The lowest BCUT2D eigenvalue weighted by Crippen LogP contribution is -2.36. The molecule has 0 aromatic carbocycles. The summed E-state index contributed by atoms with van der Waals surface area (Å²) in [5.74, 6) is -0.162. The van der Waals surface area contributed by atoms with Crippen LogP contribution in [0.3, 0.4) is 0 Å². The Morgan fingerprint density at radius 1 is 1.67 bits per heavy atom. The molecule has 3 heteroatoms. The Kier molecular flexibility index (Phi) is 3.42.